The van der Waals surface area contributed by atoms with E-state index >= 15 is 0 Å². The van der Waals surface area contributed by atoms with Crippen LogP contribution in [0, 0.1) is 5.41 Å². The van der Waals surface area contributed by atoms with E-state index in [0.29, 0.717) is 12.1 Å². The van der Waals surface area contributed by atoms with Gasteiger partial charge in [-0.2, -0.15) is 0 Å². The molecule has 4 heterocycles. The van der Waals surface area contributed by atoms with E-state index in [2.05, 4.69) is 95.4 Å². The van der Waals surface area contributed by atoms with Gasteiger partial charge in [0.05, 0.1) is 11.4 Å². The summed E-state index contributed by atoms with van der Waals surface area (Å²) >= 11 is 0. The van der Waals surface area contributed by atoms with E-state index in [4.69, 9.17) is 8.83 Å². The summed E-state index contributed by atoms with van der Waals surface area (Å²) in [6.07, 6.45) is 2.14. The van der Waals surface area contributed by atoms with Crippen molar-refractivity contribution in [3.63, 3.8) is 0 Å². The fraction of sp³-hybridized carbons (Fsp3) is 0.273. The van der Waals surface area contributed by atoms with Crippen LogP contribution in [0.3, 0.4) is 0 Å². The highest BCUT2D eigenvalue weighted by molar-refractivity contribution is 6.09. The molecule has 196 valence electrons. The third-order valence-corrected chi connectivity index (χ3v) is 9.05. The second-order valence-corrected chi connectivity index (χ2v) is 11.6. The molecule has 0 amide bonds. The molecule has 0 spiro atoms. The van der Waals surface area contributed by atoms with E-state index in [1.807, 2.05) is 24.3 Å². The largest absolute Gasteiger partial charge is 0.454 e. The average molecular weight is 517 g/mol. The third-order valence-electron chi connectivity index (χ3n) is 9.05. The lowest BCUT2D eigenvalue weighted by Gasteiger charge is -2.38. The first-order valence-corrected chi connectivity index (χ1v) is 14.0. The van der Waals surface area contributed by atoms with Crippen LogP contribution in [0.5, 0.6) is 0 Å². The second kappa shape index (κ2) is 8.50. The molecule has 0 saturated carbocycles. The van der Waals surface area contributed by atoms with E-state index in [1.165, 1.54) is 21.5 Å². The van der Waals surface area contributed by atoms with E-state index in [0.717, 1.165) is 59.6 Å². The number of hydrogen-bond donors (Lipinski definition) is 2. The van der Waals surface area contributed by atoms with Gasteiger partial charge in [-0.1, -0.05) is 74.5 Å². The lowest BCUT2D eigenvalue weighted by atomic mass is 9.76. The molecule has 0 aliphatic carbocycles. The number of nitrogens with one attached hydrogen (secondary N) is 2. The fourth-order valence-corrected chi connectivity index (χ4v) is 6.74. The Morgan fingerprint density at radius 1 is 0.590 bits per heavy atom. The van der Waals surface area contributed by atoms with Crippen molar-refractivity contribution in [1.82, 2.24) is 10.9 Å². The molecule has 2 fully saturated rings. The third kappa shape index (κ3) is 3.48. The molecule has 2 unspecified atom stereocenters. The standard InChI is InChI=1S/C33H32N4O2/c1-33(2,29-17-19-36(34-29)25-13-7-11-23-21-9-3-5-15-27(21)38-31(23)25)30-18-20-37(35-30)26-14-8-12-24-22-10-4-6-16-28(22)39-32(24)26/h3-16,29-30,34-35H,17-20H2,1-2H3. The van der Waals surface area contributed by atoms with Gasteiger partial charge in [0.1, 0.15) is 11.2 Å². The number of anilines is 2. The monoisotopic (exact) mass is 516 g/mol. The Kier molecular flexibility index (Phi) is 5.00. The van der Waals surface area contributed by atoms with Crippen molar-refractivity contribution in [3.8, 4) is 0 Å². The van der Waals surface area contributed by atoms with Gasteiger partial charge in [-0.05, 0) is 42.5 Å². The van der Waals surface area contributed by atoms with Gasteiger partial charge in [0, 0.05) is 46.7 Å². The summed E-state index contributed by atoms with van der Waals surface area (Å²) in [6, 6.07) is 30.1. The molecule has 2 N–H and O–H groups in total. The van der Waals surface area contributed by atoms with Gasteiger partial charge < -0.3 is 18.9 Å². The number of hydrazine groups is 2. The van der Waals surface area contributed by atoms with Crippen LogP contribution in [0.15, 0.2) is 93.8 Å². The number of rotatable bonds is 4. The van der Waals surface area contributed by atoms with Gasteiger partial charge in [0.2, 0.25) is 0 Å². The molecule has 0 bridgehead atoms. The van der Waals surface area contributed by atoms with Crippen LogP contribution < -0.4 is 20.9 Å². The SMILES string of the molecule is CC(C)(C1CCN(c2cccc3c2oc2ccccc23)N1)C1CCN(c2cccc3c2oc2ccccc23)N1. The van der Waals surface area contributed by atoms with Crippen LogP contribution in [0.1, 0.15) is 26.7 Å². The zero-order valence-corrected chi connectivity index (χ0v) is 22.3. The summed E-state index contributed by atoms with van der Waals surface area (Å²) in [5, 5.41) is 9.25. The summed E-state index contributed by atoms with van der Waals surface area (Å²) in [4.78, 5) is 0. The Morgan fingerprint density at radius 2 is 1.03 bits per heavy atom. The molecule has 2 aliphatic rings. The summed E-state index contributed by atoms with van der Waals surface area (Å²) in [5.74, 6) is 0. The van der Waals surface area contributed by atoms with E-state index in [-0.39, 0.29) is 5.41 Å². The number of hydrogen-bond acceptors (Lipinski definition) is 6. The number of para-hydroxylation sites is 4. The van der Waals surface area contributed by atoms with Crippen LogP contribution in [0.25, 0.3) is 43.9 Å². The van der Waals surface area contributed by atoms with Gasteiger partial charge in [-0.15, -0.1) is 0 Å². The molecule has 6 nitrogen and oxygen atoms in total. The number of nitrogens with zero attached hydrogens (tertiary/aromatic N) is 2. The smallest absolute Gasteiger partial charge is 0.160 e. The first-order valence-electron chi connectivity index (χ1n) is 14.0. The fourth-order valence-electron chi connectivity index (χ4n) is 6.74. The van der Waals surface area contributed by atoms with Gasteiger partial charge in [0.25, 0.3) is 0 Å². The zero-order chi connectivity index (χ0) is 26.1. The average Bonchev–Trinajstić information content (AvgIpc) is 3.76. The topological polar surface area (TPSA) is 56.8 Å². The van der Waals surface area contributed by atoms with Crippen LogP contribution in [0.2, 0.25) is 0 Å². The molecule has 6 heteroatoms. The van der Waals surface area contributed by atoms with Gasteiger partial charge in [0.15, 0.2) is 11.2 Å². The summed E-state index contributed by atoms with van der Waals surface area (Å²) < 4.78 is 12.7. The Bertz CT molecular complexity index is 1720. The molecule has 6 aromatic rings. The first kappa shape index (κ1) is 22.9. The van der Waals surface area contributed by atoms with Crippen LogP contribution >= 0.6 is 0 Å². The Hall–Kier alpha value is -4.00. The number of furan rings is 2. The summed E-state index contributed by atoms with van der Waals surface area (Å²) in [7, 11) is 0. The maximum Gasteiger partial charge on any atom is 0.160 e. The number of benzene rings is 4. The van der Waals surface area contributed by atoms with Crippen molar-refractivity contribution in [3.05, 3.63) is 84.9 Å². The van der Waals surface area contributed by atoms with E-state index < -0.39 is 0 Å². The molecule has 2 saturated heterocycles. The minimum atomic E-state index is 0.0209. The molecule has 39 heavy (non-hydrogen) atoms. The predicted molar refractivity (Wildman–Crippen MR) is 159 cm³/mol. The highest BCUT2D eigenvalue weighted by atomic mass is 16.3. The maximum absolute atomic E-state index is 6.33. The van der Waals surface area contributed by atoms with Gasteiger partial charge in [-0.25, -0.2) is 10.9 Å². The van der Waals surface area contributed by atoms with Crippen molar-refractivity contribution in [2.75, 3.05) is 23.1 Å². The molecular weight excluding hydrogens is 484 g/mol. The van der Waals surface area contributed by atoms with Crippen molar-refractivity contribution in [2.24, 2.45) is 5.41 Å². The first-order chi connectivity index (χ1) is 19.1. The molecule has 2 aromatic heterocycles. The quantitative estimate of drug-likeness (QED) is 0.255. The molecule has 4 aromatic carbocycles. The predicted octanol–water partition coefficient (Wildman–Crippen LogP) is 7.38. The lowest BCUT2D eigenvalue weighted by molar-refractivity contribution is 0.191. The van der Waals surface area contributed by atoms with Crippen molar-refractivity contribution < 1.29 is 8.83 Å². The lowest BCUT2D eigenvalue weighted by Crippen LogP contribution is -2.53. The van der Waals surface area contributed by atoms with Crippen LogP contribution in [-0.4, -0.2) is 25.2 Å². The van der Waals surface area contributed by atoms with Gasteiger partial charge >= 0.3 is 0 Å². The molecule has 2 atom stereocenters. The van der Waals surface area contributed by atoms with E-state index in [9.17, 15) is 0 Å². The van der Waals surface area contributed by atoms with Gasteiger partial charge in [-0.3, -0.25) is 0 Å². The summed E-state index contributed by atoms with van der Waals surface area (Å²) in [5.41, 5.74) is 13.7. The Labute approximate surface area is 227 Å². The minimum Gasteiger partial charge on any atom is -0.454 e. The maximum atomic E-state index is 6.33. The second-order valence-electron chi connectivity index (χ2n) is 11.6. The zero-order valence-electron chi connectivity index (χ0n) is 22.3. The Balaban J connectivity index is 1.05. The molecule has 8 rings (SSSR count). The molecular formula is C33H32N4O2. The van der Waals surface area contributed by atoms with Crippen molar-refractivity contribution in [1.29, 1.82) is 0 Å². The molecule has 0 radical (unpaired) electrons. The van der Waals surface area contributed by atoms with Crippen molar-refractivity contribution >= 4 is 55.3 Å². The van der Waals surface area contributed by atoms with Crippen LogP contribution in [-0.2, 0) is 0 Å². The van der Waals surface area contributed by atoms with Crippen molar-refractivity contribution in [2.45, 2.75) is 38.8 Å². The summed E-state index contributed by atoms with van der Waals surface area (Å²) in [6.45, 7) is 6.66. The van der Waals surface area contributed by atoms with E-state index in [1.54, 1.807) is 0 Å². The normalized spacial score (nSPS) is 20.4. The highest BCUT2D eigenvalue weighted by Gasteiger charge is 2.44. The molecule has 2 aliphatic heterocycles. The minimum absolute atomic E-state index is 0.0209. The number of fused-ring (bicyclic) bond motifs is 6. The highest BCUT2D eigenvalue weighted by Crippen LogP contribution is 2.41. The Morgan fingerprint density at radius 3 is 1.51 bits per heavy atom. The van der Waals surface area contributed by atoms with Crippen LogP contribution in [0.4, 0.5) is 11.4 Å².